The number of likely N-dealkylation sites (N-methyl/N-ethyl adjacent to an activating group) is 1. The van der Waals surface area contributed by atoms with Gasteiger partial charge in [0.1, 0.15) is 5.75 Å². The highest BCUT2D eigenvalue weighted by molar-refractivity contribution is 6.30. The predicted octanol–water partition coefficient (Wildman–Crippen LogP) is 0.900. The van der Waals surface area contributed by atoms with Gasteiger partial charge in [0, 0.05) is 23.7 Å². The molecular weight excluding hydrogens is 280 g/mol. The van der Waals surface area contributed by atoms with Crippen LogP contribution in [-0.2, 0) is 4.79 Å². The van der Waals surface area contributed by atoms with Crippen LogP contribution in [0.15, 0.2) is 24.3 Å². The second-order valence-electron chi connectivity index (χ2n) is 5.02. The number of aliphatic hydroxyl groups excluding tert-OH is 1. The number of carbonyl (C=O) groups excluding carboxylic acids is 1. The Labute approximate surface area is 123 Å². The van der Waals surface area contributed by atoms with Gasteiger partial charge in [-0.1, -0.05) is 17.7 Å². The van der Waals surface area contributed by atoms with Crippen LogP contribution in [0.3, 0.4) is 0 Å². The number of rotatable bonds is 5. The number of nitrogens with one attached hydrogen (secondary N) is 1. The molecule has 0 bridgehead atoms. The van der Waals surface area contributed by atoms with Crippen LogP contribution in [0.2, 0.25) is 5.02 Å². The summed E-state index contributed by atoms with van der Waals surface area (Å²) in [7, 11) is 1.94. The molecule has 0 aliphatic carbocycles. The molecule has 0 aromatic heterocycles. The number of hydrogen-bond donors (Lipinski definition) is 2. The zero-order valence-corrected chi connectivity index (χ0v) is 12.1. The van der Waals surface area contributed by atoms with Crippen molar-refractivity contribution in [3.63, 3.8) is 0 Å². The van der Waals surface area contributed by atoms with E-state index in [1.165, 1.54) is 0 Å². The second kappa shape index (κ2) is 6.92. The molecule has 2 atom stereocenters. The molecule has 5 nitrogen and oxygen atoms in total. The van der Waals surface area contributed by atoms with Crippen LogP contribution in [0.25, 0.3) is 0 Å². The average molecular weight is 299 g/mol. The van der Waals surface area contributed by atoms with E-state index >= 15 is 0 Å². The molecule has 1 amide bonds. The molecule has 1 aliphatic rings. The summed E-state index contributed by atoms with van der Waals surface area (Å²) in [6.45, 7) is 0.820. The van der Waals surface area contributed by atoms with Gasteiger partial charge in [-0.15, -0.1) is 0 Å². The molecule has 0 unspecified atom stereocenters. The summed E-state index contributed by atoms with van der Waals surface area (Å²) in [5.41, 5.74) is 0. The Morgan fingerprint density at radius 3 is 3.05 bits per heavy atom. The summed E-state index contributed by atoms with van der Waals surface area (Å²) in [4.78, 5) is 13.9. The van der Waals surface area contributed by atoms with Gasteiger partial charge in [-0.05, 0) is 31.7 Å². The lowest BCUT2D eigenvalue weighted by Crippen LogP contribution is -2.39. The van der Waals surface area contributed by atoms with E-state index in [4.69, 9.17) is 16.3 Å². The third-order valence-electron chi connectivity index (χ3n) is 3.43. The monoisotopic (exact) mass is 298 g/mol. The Bertz CT molecular complexity index is 469. The first-order valence-electron chi connectivity index (χ1n) is 6.57. The van der Waals surface area contributed by atoms with Gasteiger partial charge in [-0.25, -0.2) is 0 Å². The molecule has 0 saturated carbocycles. The Morgan fingerprint density at radius 2 is 2.40 bits per heavy atom. The third-order valence-corrected chi connectivity index (χ3v) is 3.67. The van der Waals surface area contributed by atoms with Crippen molar-refractivity contribution in [1.29, 1.82) is 0 Å². The summed E-state index contributed by atoms with van der Waals surface area (Å²) in [5.74, 6) is 0.409. The molecular formula is C14H19ClN2O3. The summed E-state index contributed by atoms with van der Waals surface area (Å²) in [5, 5.41) is 12.7. The van der Waals surface area contributed by atoms with Crippen LogP contribution < -0.4 is 10.1 Å². The van der Waals surface area contributed by atoms with Gasteiger partial charge in [-0.3, -0.25) is 9.69 Å². The van der Waals surface area contributed by atoms with E-state index in [0.29, 0.717) is 10.8 Å². The minimum absolute atomic E-state index is 0.0374. The topological polar surface area (TPSA) is 61.8 Å². The highest BCUT2D eigenvalue weighted by atomic mass is 35.5. The molecule has 1 aliphatic heterocycles. The molecule has 0 radical (unpaired) electrons. The maximum Gasteiger partial charge on any atom is 0.258 e. The van der Waals surface area contributed by atoms with Gasteiger partial charge in [0.2, 0.25) is 0 Å². The highest BCUT2D eigenvalue weighted by Crippen LogP contribution is 2.17. The lowest BCUT2D eigenvalue weighted by Gasteiger charge is -2.15. The fraction of sp³-hybridized carbons (Fsp3) is 0.500. The minimum Gasteiger partial charge on any atom is -0.484 e. The van der Waals surface area contributed by atoms with E-state index in [-0.39, 0.29) is 31.2 Å². The Kier molecular flexibility index (Phi) is 5.23. The van der Waals surface area contributed by atoms with Crippen molar-refractivity contribution in [3.05, 3.63) is 29.3 Å². The standard InChI is InChI=1S/C14H19ClN2O3/c1-17-7-11(6-12(17)8-18)16-14(19)9-20-13-4-2-3-10(15)5-13/h2-5,11-12,18H,6-9H2,1H3,(H,16,19)/t11-,12+/m1/s1. The Morgan fingerprint density at radius 1 is 1.60 bits per heavy atom. The van der Waals surface area contributed by atoms with Crippen molar-refractivity contribution in [2.24, 2.45) is 0 Å². The smallest absolute Gasteiger partial charge is 0.258 e. The van der Waals surface area contributed by atoms with Crippen molar-refractivity contribution < 1.29 is 14.6 Å². The molecule has 1 saturated heterocycles. The van der Waals surface area contributed by atoms with E-state index in [2.05, 4.69) is 5.32 Å². The van der Waals surface area contributed by atoms with Gasteiger partial charge in [0.15, 0.2) is 6.61 Å². The minimum atomic E-state index is -0.165. The van der Waals surface area contributed by atoms with Crippen LogP contribution in [-0.4, -0.2) is 54.8 Å². The van der Waals surface area contributed by atoms with Crippen LogP contribution >= 0.6 is 11.6 Å². The normalized spacial score (nSPS) is 22.8. The van der Waals surface area contributed by atoms with Gasteiger partial charge in [0.25, 0.3) is 5.91 Å². The van der Waals surface area contributed by atoms with Crippen molar-refractivity contribution in [2.75, 3.05) is 26.8 Å². The maximum absolute atomic E-state index is 11.8. The van der Waals surface area contributed by atoms with E-state index in [9.17, 15) is 9.90 Å². The molecule has 0 spiro atoms. The van der Waals surface area contributed by atoms with Crippen LogP contribution in [0.1, 0.15) is 6.42 Å². The first-order chi connectivity index (χ1) is 9.58. The summed E-state index contributed by atoms with van der Waals surface area (Å²) in [6, 6.07) is 7.12. The number of benzene rings is 1. The van der Waals surface area contributed by atoms with E-state index in [1.807, 2.05) is 11.9 Å². The zero-order valence-electron chi connectivity index (χ0n) is 11.4. The van der Waals surface area contributed by atoms with E-state index < -0.39 is 0 Å². The quantitative estimate of drug-likeness (QED) is 0.848. The number of ether oxygens (including phenoxy) is 1. The fourth-order valence-corrected chi connectivity index (χ4v) is 2.55. The van der Waals surface area contributed by atoms with Crippen molar-refractivity contribution in [3.8, 4) is 5.75 Å². The maximum atomic E-state index is 11.8. The number of likely N-dealkylation sites (tertiary alicyclic amines) is 1. The Hall–Kier alpha value is -1.30. The van der Waals surface area contributed by atoms with Crippen LogP contribution in [0, 0.1) is 0 Å². The zero-order chi connectivity index (χ0) is 14.5. The van der Waals surface area contributed by atoms with Gasteiger partial charge >= 0.3 is 0 Å². The number of carbonyl (C=O) groups is 1. The first-order valence-corrected chi connectivity index (χ1v) is 6.95. The molecule has 1 aromatic carbocycles. The molecule has 1 heterocycles. The fourth-order valence-electron chi connectivity index (χ4n) is 2.37. The SMILES string of the molecule is CN1C[C@H](NC(=O)COc2cccc(Cl)c2)C[C@H]1CO. The van der Waals surface area contributed by atoms with Crippen molar-refractivity contribution >= 4 is 17.5 Å². The molecule has 1 aromatic rings. The third kappa shape index (κ3) is 4.10. The van der Waals surface area contributed by atoms with Crippen molar-refractivity contribution in [1.82, 2.24) is 10.2 Å². The average Bonchev–Trinajstić information content (AvgIpc) is 2.76. The lowest BCUT2D eigenvalue weighted by atomic mass is 10.2. The number of halogens is 1. The van der Waals surface area contributed by atoms with Crippen LogP contribution in [0.5, 0.6) is 5.75 Å². The molecule has 110 valence electrons. The lowest BCUT2D eigenvalue weighted by molar-refractivity contribution is -0.123. The number of aliphatic hydroxyl groups is 1. The van der Waals surface area contributed by atoms with Gasteiger partial charge in [-0.2, -0.15) is 0 Å². The van der Waals surface area contributed by atoms with Crippen LogP contribution in [0.4, 0.5) is 0 Å². The predicted molar refractivity (Wildman–Crippen MR) is 77.0 cm³/mol. The van der Waals surface area contributed by atoms with E-state index in [1.54, 1.807) is 24.3 Å². The molecule has 1 fully saturated rings. The van der Waals surface area contributed by atoms with Crippen molar-refractivity contribution in [2.45, 2.75) is 18.5 Å². The molecule has 2 N–H and O–H groups in total. The summed E-state index contributed by atoms with van der Waals surface area (Å²) >= 11 is 5.84. The second-order valence-corrected chi connectivity index (χ2v) is 5.46. The largest absolute Gasteiger partial charge is 0.484 e. The Balaban J connectivity index is 1.76. The summed E-state index contributed by atoms with van der Waals surface area (Å²) in [6.07, 6.45) is 0.760. The van der Waals surface area contributed by atoms with Gasteiger partial charge in [0.05, 0.1) is 6.61 Å². The number of amides is 1. The first kappa shape index (κ1) is 15.1. The molecule has 6 heteroatoms. The highest BCUT2D eigenvalue weighted by Gasteiger charge is 2.29. The van der Waals surface area contributed by atoms with Gasteiger partial charge < -0.3 is 15.2 Å². The summed E-state index contributed by atoms with van der Waals surface area (Å²) < 4.78 is 5.38. The number of hydrogen-bond acceptors (Lipinski definition) is 4. The van der Waals surface area contributed by atoms with E-state index in [0.717, 1.165) is 13.0 Å². The molecule has 20 heavy (non-hydrogen) atoms. The molecule has 2 rings (SSSR count). The number of nitrogens with zero attached hydrogens (tertiary/aromatic N) is 1.